The molecule has 2 aliphatic heterocycles. The van der Waals surface area contributed by atoms with Gasteiger partial charge in [-0.05, 0) is 128 Å². The average molecular weight is 878 g/mol. The summed E-state index contributed by atoms with van der Waals surface area (Å²) in [6.45, 7) is 6.26. The third-order valence-corrected chi connectivity index (χ3v) is 14.1. The number of ether oxygens (including phenoxy) is 2. The van der Waals surface area contributed by atoms with Gasteiger partial charge in [0.25, 0.3) is 5.91 Å². The molecular weight excluding hydrogens is 823 g/mol. The number of sulfone groups is 1. The van der Waals surface area contributed by atoms with Crippen LogP contribution in [0.1, 0.15) is 86.4 Å². The minimum absolute atomic E-state index is 0.0706. The molecule has 0 bridgehead atoms. The summed E-state index contributed by atoms with van der Waals surface area (Å²) in [5.41, 5.74) is 15.9. The van der Waals surface area contributed by atoms with Crippen molar-refractivity contribution in [3.05, 3.63) is 124 Å². The van der Waals surface area contributed by atoms with E-state index >= 15 is 0 Å². The summed E-state index contributed by atoms with van der Waals surface area (Å²) in [5, 5.41) is 1.66. The Morgan fingerprint density at radius 2 is 1.68 bits per heavy atom. The van der Waals surface area contributed by atoms with Crippen molar-refractivity contribution in [3.63, 3.8) is 0 Å². The van der Waals surface area contributed by atoms with E-state index in [1.54, 1.807) is 24.5 Å². The van der Waals surface area contributed by atoms with Gasteiger partial charge in [-0.15, -0.1) is 11.3 Å². The monoisotopic (exact) mass is 877 g/mol. The molecule has 2 atom stereocenters. The number of carbonyl (C=O) groups excluding carboxylic acids is 3. The molecule has 62 heavy (non-hydrogen) atoms. The van der Waals surface area contributed by atoms with E-state index in [0.717, 1.165) is 54.4 Å². The molecule has 3 amide bonds. The van der Waals surface area contributed by atoms with Crippen LogP contribution >= 0.6 is 11.3 Å². The summed E-state index contributed by atoms with van der Waals surface area (Å²) in [7, 11) is -1.65. The van der Waals surface area contributed by atoms with Gasteiger partial charge in [0.2, 0.25) is 5.91 Å². The molecular formula is C49H55N3O8S2. The summed E-state index contributed by atoms with van der Waals surface area (Å²) in [6, 6.07) is 25.8. The van der Waals surface area contributed by atoms with Crippen LogP contribution < -0.4 is 10.8 Å². The molecule has 326 valence electrons. The average Bonchev–Trinajstić information content (AvgIpc) is 3.76. The Morgan fingerprint density at radius 1 is 0.887 bits per heavy atom. The van der Waals surface area contributed by atoms with Gasteiger partial charge in [-0.3, -0.25) is 9.59 Å². The Balaban J connectivity index is 0.000000417. The molecule has 1 fully saturated rings. The minimum Gasteiger partial charge on any atom is -0.444 e. The molecule has 0 radical (unpaired) electrons. The topological polar surface area (TPSA) is 146 Å². The molecule has 0 saturated carbocycles. The highest BCUT2D eigenvalue weighted by Crippen LogP contribution is 2.43. The maximum atomic E-state index is 13.7. The van der Waals surface area contributed by atoms with E-state index in [0.29, 0.717) is 18.7 Å². The zero-order chi connectivity index (χ0) is 44.0. The summed E-state index contributed by atoms with van der Waals surface area (Å²) in [6.07, 6.45) is 12.8. The van der Waals surface area contributed by atoms with Crippen LogP contribution in [0.25, 0.3) is 33.2 Å². The highest BCUT2D eigenvalue weighted by atomic mass is 32.2. The Morgan fingerprint density at radius 3 is 2.44 bits per heavy atom. The van der Waals surface area contributed by atoms with Gasteiger partial charge in [-0.25, -0.2) is 18.0 Å². The maximum absolute atomic E-state index is 13.7. The van der Waals surface area contributed by atoms with E-state index in [4.69, 9.17) is 20.0 Å². The van der Waals surface area contributed by atoms with E-state index in [1.807, 2.05) is 39.0 Å². The van der Waals surface area contributed by atoms with E-state index in [-0.39, 0.29) is 25.3 Å². The number of anilines is 1. The summed E-state index contributed by atoms with van der Waals surface area (Å²) in [5.74, 6) is -0.862. The number of hydrogen-bond donors (Lipinski definition) is 1. The second kappa shape index (κ2) is 19.4. The molecule has 2 unspecified atom stereocenters. The third-order valence-electron chi connectivity index (χ3n) is 11.2. The number of thiophene rings is 1. The molecule has 3 heterocycles. The first-order chi connectivity index (χ1) is 29.6. The maximum Gasteiger partial charge on any atom is 0.410 e. The molecule has 2 N–H and O–H groups in total. The van der Waals surface area contributed by atoms with Crippen LogP contribution in [0.3, 0.4) is 0 Å². The van der Waals surface area contributed by atoms with E-state index < -0.39 is 39.0 Å². The number of carbonyl (C=O) groups is 3. The van der Waals surface area contributed by atoms with Crippen LogP contribution in [-0.4, -0.2) is 68.6 Å². The van der Waals surface area contributed by atoms with E-state index in [1.165, 1.54) is 65.9 Å². The van der Waals surface area contributed by atoms with Crippen LogP contribution in [-0.2, 0) is 53.0 Å². The normalized spacial score (nSPS) is 18.5. The second-order valence-electron chi connectivity index (χ2n) is 17.0. The van der Waals surface area contributed by atoms with Gasteiger partial charge in [0.1, 0.15) is 5.60 Å². The lowest BCUT2D eigenvalue weighted by atomic mass is 9.78. The van der Waals surface area contributed by atoms with Crippen molar-refractivity contribution >= 4 is 56.4 Å². The number of aryl methyl sites for hydroxylation is 1. The number of rotatable bonds is 10. The number of nitrogens with two attached hydrogens (primary N) is 1. The predicted molar refractivity (Wildman–Crippen MR) is 246 cm³/mol. The number of hydrogen-bond acceptors (Lipinski definition) is 9. The van der Waals surface area contributed by atoms with Crippen molar-refractivity contribution in [3.8, 4) is 21.6 Å². The molecule has 1 saturated heterocycles. The minimum atomic E-state index is -3.29. The number of benzene rings is 3. The fraction of sp³-hybridized carbons (Fsp3) is 0.367. The number of primary amides is 1. The third kappa shape index (κ3) is 11.0. The standard InChI is InChI=1S/C42H46N2O5S.C7H9NO3S/c1-42(2,3)48-41(46)43(4)24-23-39(45)44(49-40-14-7-8-25-47-40)32-12-9-11-30(27-32)37-21-22-38(50-37)31-17-18-34-29(26-31)16-20-35-33-13-6-5-10-28(33)15-19-36(34)35;8-7(9)5-6-3-1-2-4-12(6,10)11/h5-6,9-13,16,20-22,26-27,40H,7-8,14-15,17-19,23-25H2,1-4H3;1-4,6H,5H2,(H2,8,9). The highest BCUT2D eigenvalue weighted by molar-refractivity contribution is 7.95. The quantitative estimate of drug-likeness (QED) is 0.155. The Kier molecular flexibility index (Phi) is 14.0. The summed E-state index contributed by atoms with van der Waals surface area (Å²) >= 11 is 1.78. The number of hydroxylamine groups is 1. The number of nitrogens with zero attached hydrogens (tertiary/aromatic N) is 2. The molecule has 0 spiro atoms. The van der Waals surface area contributed by atoms with Crippen molar-refractivity contribution in [2.75, 3.05) is 25.3 Å². The Hall–Kier alpha value is -5.34. The van der Waals surface area contributed by atoms with Crippen molar-refractivity contribution in [1.82, 2.24) is 4.90 Å². The lowest BCUT2D eigenvalue weighted by Crippen LogP contribution is -2.40. The smallest absolute Gasteiger partial charge is 0.410 e. The van der Waals surface area contributed by atoms with Crippen molar-refractivity contribution in [1.29, 1.82) is 0 Å². The zero-order valence-electron chi connectivity index (χ0n) is 35.8. The van der Waals surface area contributed by atoms with Crippen LogP contribution in [0.5, 0.6) is 0 Å². The van der Waals surface area contributed by atoms with Gasteiger partial charge in [-0.1, -0.05) is 72.8 Å². The summed E-state index contributed by atoms with van der Waals surface area (Å²) < 4.78 is 33.7. The van der Waals surface area contributed by atoms with Gasteiger partial charge < -0.3 is 20.1 Å². The van der Waals surface area contributed by atoms with Gasteiger partial charge in [-0.2, -0.15) is 5.06 Å². The second-order valence-corrected chi connectivity index (χ2v) is 20.1. The SMILES string of the molecule is CN(CCC(=O)N(OC1CCCCO1)c1cccc(-c2ccc(C3=Cc4ccc5c(c4CC3)CCc3ccccc3-5)s2)c1)C(=O)OC(C)(C)C.NC(=O)CC1C=CC=CS1(=O)=O. The van der Waals surface area contributed by atoms with Crippen LogP contribution in [0.4, 0.5) is 10.5 Å². The number of allylic oxidation sites excluding steroid dienone is 3. The van der Waals surface area contributed by atoms with Crippen LogP contribution in [0.2, 0.25) is 0 Å². The summed E-state index contributed by atoms with van der Waals surface area (Å²) in [4.78, 5) is 46.7. The van der Waals surface area contributed by atoms with Crippen molar-refractivity contribution in [2.45, 2.75) is 95.7 Å². The van der Waals surface area contributed by atoms with Gasteiger partial charge in [0.15, 0.2) is 16.1 Å². The largest absolute Gasteiger partial charge is 0.444 e. The first kappa shape index (κ1) is 44.7. The van der Waals surface area contributed by atoms with Crippen molar-refractivity contribution < 1.29 is 37.1 Å². The highest BCUT2D eigenvalue weighted by Gasteiger charge is 2.28. The van der Waals surface area contributed by atoms with Crippen LogP contribution in [0.15, 0.2) is 96.4 Å². The number of fused-ring (bicyclic) bond motifs is 5. The lowest BCUT2D eigenvalue weighted by molar-refractivity contribution is -0.177. The van der Waals surface area contributed by atoms with E-state index in [2.05, 4.69) is 60.7 Å². The number of amides is 3. The Bertz CT molecular complexity index is 2510. The molecule has 13 heteroatoms. The molecule has 2 aliphatic carbocycles. The lowest BCUT2D eigenvalue weighted by Gasteiger charge is -2.30. The molecule has 11 nitrogen and oxygen atoms in total. The van der Waals surface area contributed by atoms with E-state index in [9.17, 15) is 22.8 Å². The Labute approximate surface area is 368 Å². The molecule has 8 rings (SSSR count). The first-order valence-corrected chi connectivity index (χ1v) is 23.6. The predicted octanol–water partition coefficient (Wildman–Crippen LogP) is 9.44. The van der Waals surface area contributed by atoms with Gasteiger partial charge in [0, 0.05) is 54.6 Å². The van der Waals surface area contributed by atoms with Gasteiger partial charge >= 0.3 is 6.09 Å². The molecule has 4 aromatic rings. The van der Waals surface area contributed by atoms with Crippen molar-refractivity contribution in [2.24, 2.45) is 5.73 Å². The fourth-order valence-electron chi connectivity index (χ4n) is 8.01. The molecule has 4 aliphatic rings. The molecule has 1 aromatic heterocycles. The molecule has 3 aromatic carbocycles. The zero-order valence-corrected chi connectivity index (χ0v) is 37.4. The fourth-order valence-corrected chi connectivity index (χ4v) is 10.3. The first-order valence-electron chi connectivity index (χ1n) is 21.2. The van der Waals surface area contributed by atoms with Crippen LogP contribution in [0, 0.1) is 0 Å². The van der Waals surface area contributed by atoms with Gasteiger partial charge in [0.05, 0.1) is 10.9 Å².